The van der Waals surface area contributed by atoms with Crippen molar-refractivity contribution in [3.8, 4) is 11.4 Å². The summed E-state index contributed by atoms with van der Waals surface area (Å²) in [5.41, 5.74) is 14.3. The standard InChI is InChI=1S/C19H25N9/c1-24-8-12(7-20)19(23)14-6-16(26-9-15(14)22)17-10-25-11-18(27-17)28-4-2-13(21)3-5-28/h6-13,20,23H,2-5,21-22H2,1H3. The average Bonchev–Trinajstić information content (AvgIpc) is 2.72. The van der Waals surface area contributed by atoms with Gasteiger partial charge in [0.25, 0.3) is 0 Å². The van der Waals surface area contributed by atoms with Crippen molar-refractivity contribution in [1.82, 2.24) is 15.0 Å². The summed E-state index contributed by atoms with van der Waals surface area (Å²) in [6.45, 7) is 1.70. The number of nitrogen functional groups attached to an aromatic ring is 1. The van der Waals surface area contributed by atoms with Crippen molar-refractivity contribution >= 4 is 29.6 Å². The average molecular weight is 379 g/mol. The first-order valence-electron chi connectivity index (χ1n) is 9.13. The lowest BCUT2D eigenvalue weighted by molar-refractivity contribution is 0.498. The van der Waals surface area contributed by atoms with E-state index >= 15 is 0 Å². The van der Waals surface area contributed by atoms with Gasteiger partial charge < -0.3 is 27.2 Å². The Kier molecular flexibility index (Phi) is 6.05. The molecule has 0 bridgehead atoms. The zero-order valence-electron chi connectivity index (χ0n) is 15.8. The number of rotatable bonds is 6. The van der Waals surface area contributed by atoms with Crippen LogP contribution in [0.15, 0.2) is 29.6 Å². The van der Waals surface area contributed by atoms with Gasteiger partial charge in [-0.2, -0.15) is 0 Å². The van der Waals surface area contributed by atoms with E-state index < -0.39 is 5.92 Å². The highest BCUT2D eigenvalue weighted by molar-refractivity contribution is 6.18. The Morgan fingerprint density at radius 1 is 1.29 bits per heavy atom. The van der Waals surface area contributed by atoms with Crippen molar-refractivity contribution in [2.45, 2.75) is 18.9 Å². The van der Waals surface area contributed by atoms with Crippen molar-refractivity contribution < 1.29 is 0 Å². The second-order valence-corrected chi connectivity index (χ2v) is 6.76. The molecular formula is C19H25N9. The number of anilines is 2. The minimum absolute atomic E-state index is 0.191. The molecule has 2 aromatic rings. The molecule has 1 saturated heterocycles. The molecule has 6 N–H and O–H groups in total. The van der Waals surface area contributed by atoms with E-state index in [1.807, 2.05) is 0 Å². The fraction of sp³-hybridized carbons (Fsp3) is 0.368. The molecule has 146 valence electrons. The van der Waals surface area contributed by atoms with Crippen LogP contribution in [-0.4, -0.2) is 59.3 Å². The summed E-state index contributed by atoms with van der Waals surface area (Å²) in [5.74, 6) is 0.243. The number of aliphatic imine (C=N–C) groups is 1. The smallest absolute Gasteiger partial charge is 0.147 e. The molecular weight excluding hydrogens is 354 g/mol. The van der Waals surface area contributed by atoms with E-state index in [-0.39, 0.29) is 11.8 Å². The third-order valence-corrected chi connectivity index (χ3v) is 4.80. The summed E-state index contributed by atoms with van der Waals surface area (Å²) >= 11 is 0. The highest BCUT2D eigenvalue weighted by Crippen LogP contribution is 2.24. The zero-order valence-corrected chi connectivity index (χ0v) is 15.8. The lowest BCUT2D eigenvalue weighted by Gasteiger charge is -2.30. The summed E-state index contributed by atoms with van der Waals surface area (Å²) in [6, 6.07) is 1.96. The minimum Gasteiger partial charge on any atom is -0.397 e. The van der Waals surface area contributed by atoms with E-state index in [0.29, 0.717) is 22.6 Å². The van der Waals surface area contributed by atoms with Gasteiger partial charge in [-0.05, 0) is 18.9 Å². The number of nitrogens with two attached hydrogens (primary N) is 2. The van der Waals surface area contributed by atoms with Gasteiger partial charge in [-0.15, -0.1) is 0 Å². The van der Waals surface area contributed by atoms with E-state index in [1.54, 1.807) is 25.5 Å². The van der Waals surface area contributed by atoms with Crippen LogP contribution in [-0.2, 0) is 0 Å². The van der Waals surface area contributed by atoms with E-state index in [0.717, 1.165) is 38.0 Å². The number of aromatic nitrogens is 3. The third kappa shape index (κ3) is 4.20. The van der Waals surface area contributed by atoms with Gasteiger partial charge in [-0.1, -0.05) is 0 Å². The maximum absolute atomic E-state index is 8.41. The molecule has 9 heteroatoms. The van der Waals surface area contributed by atoms with Crippen LogP contribution in [0.2, 0.25) is 0 Å². The van der Waals surface area contributed by atoms with Crippen LogP contribution in [0, 0.1) is 16.7 Å². The fourth-order valence-electron chi connectivity index (χ4n) is 3.14. The number of hydrogen-bond acceptors (Lipinski definition) is 9. The molecule has 1 aliphatic rings. The molecule has 0 aliphatic carbocycles. The number of nitrogens with one attached hydrogen (secondary N) is 2. The van der Waals surface area contributed by atoms with Gasteiger partial charge in [0.1, 0.15) is 11.5 Å². The number of hydrogen-bond donors (Lipinski definition) is 4. The molecule has 3 rings (SSSR count). The van der Waals surface area contributed by atoms with E-state index in [4.69, 9.17) is 27.3 Å². The summed E-state index contributed by atoms with van der Waals surface area (Å²) in [7, 11) is 1.61. The van der Waals surface area contributed by atoms with Crippen molar-refractivity contribution in [3.05, 3.63) is 30.2 Å². The van der Waals surface area contributed by atoms with Gasteiger partial charge in [0.05, 0.1) is 41.6 Å². The van der Waals surface area contributed by atoms with Crippen molar-refractivity contribution in [2.75, 3.05) is 30.8 Å². The quantitative estimate of drug-likeness (QED) is 0.556. The Bertz CT molecular complexity index is 885. The molecule has 28 heavy (non-hydrogen) atoms. The second-order valence-electron chi connectivity index (χ2n) is 6.76. The van der Waals surface area contributed by atoms with E-state index in [1.165, 1.54) is 12.4 Å². The molecule has 3 heterocycles. The van der Waals surface area contributed by atoms with Gasteiger partial charge in [-0.3, -0.25) is 15.0 Å². The summed E-state index contributed by atoms with van der Waals surface area (Å²) in [6.07, 6.45) is 9.45. The van der Waals surface area contributed by atoms with Gasteiger partial charge >= 0.3 is 0 Å². The Labute approximate surface area is 163 Å². The fourth-order valence-corrected chi connectivity index (χ4v) is 3.14. The van der Waals surface area contributed by atoms with Crippen LogP contribution in [0.25, 0.3) is 11.4 Å². The topological polar surface area (TPSA) is 154 Å². The van der Waals surface area contributed by atoms with Gasteiger partial charge in [-0.25, -0.2) is 4.98 Å². The van der Waals surface area contributed by atoms with Crippen LogP contribution < -0.4 is 16.4 Å². The van der Waals surface area contributed by atoms with Crippen LogP contribution in [0.5, 0.6) is 0 Å². The molecule has 0 spiro atoms. The molecule has 1 atom stereocenters. The molecule has 0 amide bonds. The summed E-state index contributed by atoms with van der Waals surface area (Å²) < 4.78 is 0. The maximum atomic E-state index is 8.41. The van der Waals surface area contributed by atoms with E-state index in [9.17, 15) is 0 Å². The van der Waals surface area contributed by atoms with Crippen LogP contribution in [0.3, 0.4) is 0 Å². The van der Waals surface area contributed by atoms with Crippen molar-refractivity contribution in [3.63, 3.8) is 0 Å². The van der Waals surface area contributed by atoms with Gasteiger partial charge in [0.2, 0.25) is 0 Å². The predicted molar refractivity (Wildman–Crippen MR) is 113 cm³/mol. The van der Waals surface area contributed by atoms with Crippen molar-refractivity contribution in [1.29, 1.82) is 10.8 Å². The molecule has 0 aromatic carbocycles. The highest BCUT2D eigenvalue weighted by Gasteiger charge is 2.19. The third-order valence-electron chi connectivity index (χ3n) is 4.80. The SMILES string of the molecule is CN=CC(C=N)C(=N)c1cc(-c2cncc(N3CCC(N)CC3)n2)ncc1N. The Morgan fingerprint density at radius 3 is 2.71 bits per heavy atom. The summed E-state index contributed by atoms with van der Waals surface area (Å²) in [5, 5.41) is 15.9. The van der Waals surface area contributed by atoms with Crippen LogP contribution >= 0.6 is 0 Å². The van der Waals surface area contributed by atoms with E-state index in [2.05, 4.69) is 19.9 Å². The summed E-state index contributed by atoms with van der Waals surface area (Å²) in [4.78, 5) is 19.5. The second kappa shape index (κ2) is 8.66. The maximum Gasteiger partial charge on any atom is 0.147 e. The molecule has 0 radical (unpaired) electrons. The highest BCUT2D eigenvalue weighted by atomic mass is 15.2. The molecule has 0 saturated carbocycles. The Balaban J connectivity index is 1.91. The van der Waals surface area contributed by atoms with Gasteiger partial charge in [0.15, 0.2) is 0 Å². The number of pyridine rings is 1. The lowest BCUT2D eigenvalue weighted by Crippen LogP contribution is -2.40. The largest absolute Gasteiger partial charge is 0.397 e. The minimum atomic E-state index is -0.544. The normalized spacial score (nSPS) is 16.3. The number of nitrogens with zero attached hydrogens (tertiary/aromatic N) is 5. The Hall–Kier alpha value is -3.20. The molecule has 1 unspecified atom stereocenters. The monoisotopic (exact) mass is 379 g/mol. The first-order chi connectivity index (χ1) is 13.5. The van der Waals surface area contributed by atoms with Gasteiger partial charge in [0, 0.05) is 44.2 Å². The molecule has 1 fully saturated rings. The lowest BCUT2D eigenvalue weighted by atomic mass is 9.97. The first-order valence-corrected chi connectivity index (χ1v) is 9.13. The van der Waals surface area contributed by atoms with Crippen molar-refractivity contribution in [2.24, 2.45) is 16.6 Å². The first kappa shape index (κ1) is 19.6. The molecule has 2 aromatic heterocycles. The molecule has 9 nitrogen and oxygen atoms in total. The molecule has 1 aliphatic heterocycles. The predicted octanol–water partition coefficient (Wildman–Crippen LogP) is 1.38. The Morgan fingerprint density at radius 2 is 2.04 bits per heavy atom. The van der Waals surface area contributed by atoms with Crippen LogP contribution in [0.4, 0.5) is 11.5 Å². The zero-order chi connectivity index (χ0) is 20.1. The van der Waals surface area contributed by atoms with Crippen LogP contribution in [0.1, 0.15) is 18.4 Å². The number of piperidine rings is 1.